The van der Waals surface area contributed by atoms with Crippen molar-refractivity contribution in [2.75, 3.05) is 5.73 Å². The van der Waals surface area contributed by atoms with Gasteiger partial charge < -0.3 is 15.8 Å². The Balaban J connectivity index is 2.51. The summed E-state index contributed by atoms with van der Waals surface area (Å²) in [6.07, 6.45) is -1.55. The summed E-state index contributed by atoms with van der Waals surface area (Å²) in [6, 6.07) is 3.46. The lowest BCUT2D eigenvalue weighted by atomic mass is 10.1. The van der Waals surface area contributed by atoms with E-state index < -0.39 is 12.5 Å². The van der Waals surface area contributed by atoms with Crippen molar-refractivity contribution >= 4 is 23.4 Å². The second-order valence-electron chi connectivity index (χ2n) is 4.27. The molecule has 0 heterocycles. The van der Waals surface area contributed by atoms with Gasteiger partial charge in [0, 0.05) is 13.0 Å². The molecule has 1 aromatic carbocycles. The zero-order chi connectivity index (χ0) is 14.4. The molecule has 0 radical (unpaired) electrons. The molecule has 1 aromatic rings. The van der Waals surface area contributed by atoms with Gasteiger partial charge in [-0.2, -0.15) is 0 Å². The molecule has 0 aliphatic heterocycles. The zero-order valence-electron chi connectivity index (χ0n) is 11.0. The molecular weight excluding hydrogens is 271 g/mol. The first-order chi connectivity index (χ1) is 8.93. The summed E-state index contributed by atoms with van der Waals surface area (Å²) >= 11 is 5.93. The van der Waals surface area contributed by atoms with Crippen molar-refractivity contribution < 1.29 is 13.9 Å². The molecule has 3 N–H and O–H groups in total. The van der Waals surface area contributed by atoms with Crippen LogP contribution in [0.15, 0.2) is 12.1 Å². The molecule has 106 valence electrons. The van der Waals surface area contributed by atoms with Gasteiger partial charge in [-0.3, -0.25) is 0 Å². The Bertz CT molecular complexity index is 431. The van der Waals surface area contributed by atoms with Gasteiger partial charge in [0.2, 0.25) is 6.36 Å². The largest absolute Gasteiger partial charge is 0.415 e. The van der Waals surface area contributed by atoms with Gasteiger partial charge in [-0.25, -0.2) is 9.18 Å². The van der Waals surface area contributed by atoms with Crippen LogP contribution in [0.25, 0.3) is 0 Å². The van der Waals surface area contributed by atoms with Gasteiger partial charge in [-0.15, -0.1) is 0 Å². The topological polar surface area (TPSA) is 64.3 Å². The molecule has 19 heavy (non-hydrogen) atoms. The maximum atomic E-state index is 13.0. The molecule has 6 heteroatoms. The number of nitrogens with two attached hydrogens (primary N) is 1. The van der Waals surface area contributed by atoms with Crippen LogP contribution in [0.1, 0.15) is 30.9 Å². The lowest BCUT2D eigenvalue weighted by molar-refractivity contribution is 0.00799. The number of hydrogen-bond acceptors (Lipinski definition) is 3. The maximum Gasteiger partial charge on any atom is 0.409 e. The molecule has 0 aliphatic rings. The quantitative estimate of drug-likeness (QED) is 0.814. The van der Waals surface area contributed by atoms with Gasteiger partial charge >= 0.3 is 6.09 Å². The van der Waals surface area contributed by atoms with Gasteiger partial charge in [0.25, 0.3) is 0 Å². The number of nitrogens with one attached hydrogen (secondary N) is 1. The van der Waals surface area contributed by atoms with Crippen LogP contribution in [0.4, 0.5) is 14.9 Å². The summed E-state index contributed by atoms with van der Waals surface area (Å²) in [6.45, 7) is 3.84. The molecule has 0 aromatic heterocycles. The van der Waals surface area contributed by atoms with Crippen molar-refractivity contribution in [3.05, 3.63) is 28.3 Å². The van der Waals surface area contributed by atoms with Crippen LogP contribution in [0.3, 0.4) is 0 Å². The molecule has 1 unspecified atom stereocenters. The van der Waals surface area contributed by atoms with Crippen LogP contribution < -0.4 is 11.1 Å². The van der Waals surface area contributed by atoms with E-state index in [4.69, 9.17) is 17.3 Å². The van der Waals surface area contributed by atoms with Crippen molar-refractivity contribution in [3.63, 3.8) is 0 Å². The third kappa shape index (κ3) is 4.95. The van der Waals surface area contributed by atoms with Gasteiger partial charge in [-0.1, -0.05) is 24.6 Å². The number of benzene rings is 1. The van der Waals surface area contributed by atoms with E-state index in [-0.39, 0.29) is 13.0 Å². The first kappa shape index (κ1) is 15.6. The fourth-order valence-electron chi connectivity index (χ4n) is 1.55. The molecule has 1 rings (SSSR count). The number of nitrogen functional groups attached to an aromatic ring is 1. The lowest BCUT2D eigenvalue weighted by Gasteiger charge is -2.11. The number of aryl methyl sites for hydroxylation is 1. The summed E-state index contributed by atoms with van der Waals surface area (Å²) in [4.78, 5) is 11.3. The van der Waals surface area contributed by atoms with E-state index in [1.807, 2.05) is 13.8 Å². The van der Waals surface area contributed by atoms with Crippen molar-refractivity contribution in [2.24, 2.45) is 0 Å². The minimum Gasteiger partial charge on any atom is -0.415 e. The van der Waals surface area contributed by atoms with Gasteiger partial charge in [0.05, 0.1) is 10.7 Å². The number of halogens is 2. The molecule has 0 fully saturated rings. The molecule has 0 saturated carbocycles. The Labute approximate surface area is 117 Å². The van der Waals surface area contributed by atoms with Crippen molar-refractivity contribution in [1.29, 1.82) is 0 Å². The van der Waals surface area contributed by atoms with Crippen LogP contribution in [0.2, 0.25) is 5.02 Å². The minimum absolute atomic E-state index is 0.195. The van der Waals surface area contributed by atoms with E-state index in [0.717, 1.165) is 11.1 Å². The predicted molar refractivity (Wildman–Crippen MR) is 73.7 cm³/mol. The Morgan fingerprint density at radius 2 is 2.26 bits per heavy atom. The maximum absolute atomic E-state index is 13.0. The molecule has 1 amide bonds. The van der Waals surface area contributed by atoms with E-state index in [0.29, 0.717) is 17.1 Å². The number of hydrogen-bond donors (Lipinski definition) is 2. The Hall–Kier alpha value is -1.49. The first-order valence-electron chi connectivity index (χ1n) is 6.07. The molecule has 4 nitrogen and oxygen atoms in total. The summed E-state index contributed by atoms with van der Waals surface area (Å²) < 4.78 is 17.6. The smallest absolute Gasteiger partial charge is 0.409 e. The highest BCUT2D eigenvalue weighted by atomic mass is 35.5. The van der Waals surface area contributed by atoms with Gasteiger partial charge in [-0.05, 0) is 30.5 Å². The van der Waals surface area contributed by atoms with Gasteiger partial charge in [0.15, 0.2) is 0 Å². The van der Waals surface area contributed by atoms with Crippen molar-refractivity contribution in [2.45, 2.75) is 39.6 Å². The summed E-state index contributed by atoms with van der Waals surface area (Å²) in [5.41, 5.74) is 7.83. The Kier molecular flexibility index (Phi) is 5.89. The Morgan fingerprint density at radius 1 is 1.58 bits per heavy atom. The van der Waals surface area contributed by atoms with E-state index >= 15 is 0 Å². The summed E-state index contributed by atoms with van der Waals surface area (Å²) in [7, 11) is 0. The van der Waals surface area contributed by atoms with E-state index in [9.17, 15) is 9.18 Å². The van der Waals surface area contributed by atoms with Crippen molar-refractivity contribution in [1.82, 2.24) is 5.32 Å². The number of alkyl carbamates (subject to hydrolysis) is 1. The number of amides is 1. The third-order valence-electron chi connectivity index (χ3n) is 2.58. The van der Waals surface area contributed by atoms with E-state index in [1.165, 1.54) is 0 Å². The summed E-state index contributed by atoms with van der Waals surface area (Å²) in [5, 5.41) is 2.89. The number of alkyl halides is 1. The predicted octanol–water partition coefficient (Wildman–Crippen LogP) is 3.55. The van der Waals surface area contributed by atoms with Crippen LogP contribution in [-0.4, -0.2) is 12.5 Å². The second-order valence-corrected chi connectivity index (χ2v) is 4.67. The minimum atomic E-state index is -1.57. The first-order valence-corrected chi connectivity index (χ1v) is 6.44. The average Bonchev–Trinajstić information content (AvgIpc) is 2.33. The number of rotatable bonds is 5. The fourth-order valence-corrected chi connectivity index (χ4v) is 1.84. The van der Waals surface area contributed by atoms with Crippen LogP contribution in [0, 0.1) is 6.92 Å². The normalized spacial score (nSPS) is 12.0. The van der Waals surface area contributed by atoms with Crippen LogP contribution in [-0.2, 0) is 11.3 Å². The fraction of sp³-hybridized carbons (Fsp3) is 0.462. The highest BCUT2D eigenvalue weighted by molar-refractivity contribution is 6.33. The molecule has 0 saturated heterocycles. The van der Waals surface area contributed by atoms with Crippen LogP contribution >= 0.6 is 11.6 Å². The summed E-state index contributed by atoms with van der Waals surface area (Å²) in [5.74, 6) is 0. The van der Waals surface area contributed by atoms with E-state index in [2.05, 4.69) is 10.1 Å². The molecule has 0 bridgehead atoms. The monoisotopic (exact) mass is 288 g/mol. The number of carbonyl (C=O) groups excluding carboxylic acids is 1. The average molecular weight is 289 g/mol. The molecule has 0 spiro atoms. The highest BCUT2D eigenvalue weighted by Gasteiger charge is 2.11. The number of ether oxygens (including phenoxy) is 1. The SMILES string of the molecule is CCCC(F)OC(=O)NCc1cc(C)c(N)c(Cl)c1. The van der Waals surface area contributed by atoms with Crippen LogP contribution in [0.5, 0.6) is 0 Å². The van der Waals surface area contributed by atoms with Gasteiger partial charge in [0.1, 0.15) is 0 Å². The molecule has 0 aliphatic carbocycles. The number of anilines is 1. The number of carbonyl (C=O) groups is 1. The zero-order valence-corrected chi connectivity index (χ0v) is 11.8. The third-order valence-corrected chi connectivity index (χ3v) is 2.90. The van der Waals surface area contributed by atoms with E-state index in [1.54, 1.807) is 12.1 Å². The molecular formula is C13H18ClFN2O2. The standard InChI is InChI=1S/C13H18ClFN2O2/c1-3-4-11(15)19-13(18)17-7-9-5-8(2)12(16)10(14)6-9/h5-6,11H,3-4,7,16H2,1-2H3,(H,17,18). The Morgan fingerprint density at radius 3 is 2.84 bits per heavy atom. The molecule has 1 atom stereocenters. The highest BCUT2D eigenvalue weighted by Crippen LogP contribution is 2.24. The van der Waals surface area contributed by atoms with Crippen molar-refractivity contribution in [3.8, 4) is 0 Å². The second kappa shape index (κ2) is 7.19. The lowest BCUT2D eigenvalue weighted by Crippen LogP contribution is -2.27.